The second kappa shape index (κ2) is 6.27. The molecule has 110 valence electrons. The van der Waals surface area contributed by atoms with Crippen LogP contribution in [0.2, 0.25) is 10.0 Å². The van der Waals surface area contributed by atoms with E-state index < -0.39 is 0 Å². The number of hydrogen-bond donors (Lipinski definition) is 1. The summed E-state index contributed by atoms with van der Waals surface area (Å²) in [6, 6.07) is 12.0. The Hall–Kier alpha value is -1.22. The van der Waals surface area contributed by atoms with E-state index in [1.54, 1.807) is 0 Å². The molecule has 2 nitrogen and oxygen atoms in total. The van der Waals surface area contributed by atoms with Crippen molar-refractivity contribution in [1.82, 2.24) is 5.32 Å². The van der Waals surface area contributed by atoms with Crippen molar-refractivity contribution in [1.29, 1.82) is 0 Å². The van der Waals surface area contributed by atoms with Gasteiger partial charge in [-0.1, -0.05) is 29.3 Å². The highest BCUT2D eigenvalue weighted by molar-refractivity contribution is 6.31. The van der Waals surface area contributed by atoms with E-state index in [-0.39, 0.29) is 0 Å². The molecule has 0 unspecified atom stereocenters. The lowest BCUT2D eigenvalue weighted by Crippen LogP contribution is -2.15. The van der Waals surface area contributed by atoms with Crippen LogP contribution in [-0.2, 0) is 6.54 Å². The molecular weight excluding hydrogens is 305 g/mol. The van der Waals surface area contributed by atoms with Gasteiger partial charge in [0.25, 0.3) is 0 Å². The Morgan fingerprint density at radius 3 is 2.48 bits per heavy atom. The van der Waals surface area contributed by atoms with Crippen molar-refractivity contribution >= 4 is 23.2 Å². The van der Waals surface area contributed by atoms with E-state index in [9.17, 15) is 0 Å². The molecule has 21 heavy (non-hydrogen) atoms. The Labute approximate surface area is 135 Å². The van der Waals surface area contributed by atoms with Gasteiger partial charge in [-0.25, -0.2) is 0 Å². The Morgan fingerprint density at radius 2 is 1.76 bits per heavy atom. The molecule has 0 spiro atoms. The van der Waals surface area contributed by atoms with Gasteiger partial charge in [-0.3, -0.25) is 0 Å². The molecule has 0 saturated heterocycles. The third-order valence-corrected chi connectivity index (χ3v) is 4.01. The zero-order chi connectivity index (χ0) is 14.8. The molecule has 0 heterocycles. The van der Waals surface area contributed by atoms with E-state index in [2.05, 4.69) is 5.32 Å². The lowest BCUT2D eigenvalue weighted by molar-refractivity contribution is 0.469. The molecular formula is C17H17Cl2NO. The van der Waals surface area contributed by atoms with Crippen molar-refractivity contribution in [3.63, 3.8) is 0 Å². The number of halogens is 2. The highest BCUT2D eigenvalue weighted by Gasteiger charge is 2.20. The van der Waals surface area contributed by atoms with Gasteiger partial charge >= 0.3 is 0 Å². The number of hydrogen-bond acceptors (Lipinski definition) is 2. The molecule has 0 aromatic heterocycles. The van der Waals surface area contributed by atoms with E-state index >= 15 is 0 Å². The molecule has 4 heteroatoms. The van der Waals surface area contributed by atoms with E-state index in [4.69, 9.17) is 27.9 Å². The highest BCUT2D eigenvalue weighted by Crippen LogP contribution is 2.32. The van der Waals surface area contributed by atoms with Crippen molar-refractivity contribution in [3.8, 4) is 11.5 Å². The van der Waals surface area contributed by atoms with Crippen LogP contribution in [0.3, 0.4) is 0 Å². The maximum absolute atomic E-state index is 6.10. The van der Waals surface area contributed by atoms with E-state index in [0.717, 1.165) is 29.2 Å². The van der Waals surface area contributed by atoms with Crippen molar-refractivity contribution in [2.24, 2.45) is 0 Å². The first-order valence-electron chi connectivity index (χ1n) is 7.07. The lowest BCUT2D eigenvalue weighted by atomic mass is 10.2. The molecule has 1 fully saturated rings. The van der Waals surface area contributed by atoms with Gasteiger partial charge < -0.3 is 10.1 Å². The molecule has 1 N–H and O–H groups in total. The Morgan fingerprint density at radius 1 is 1.05 bits per heavy atom. The molecule has 2 aromatic carbocycles. The lowest BCUT2D eigenvalue weighted by Gasteiger charge is -2.14. The minimum absolute atomic E-state index is 0.658. The maximum atomic E-state index is 6.10. The van der Waals surface area contributed by atoms with Crippen LogP contribution in [-0.4, -0.2) is 6.04 Å². The fourth-order valence-corrected chi connectivity index (χ4v) is 2.55. The third kappa shape index (κ3) is 3.91. The number of aryl methyl sites for hydroxylation is 1. The quantitative estimate of drug-likeness (QED) is 0.801. The van der Waals surface area contributed by atoms with Gasteiger partial charge in [0.1, 0.15) is 11.5 Å². The molecule has 0 radical (unpaired) electrons. The second-order valence-electron chi connectivity index (χ2n) is 5.42. The Bertz CT molecular complexity index is 653. The molecule has 0 amide bonds. The fourth-order valence-electron chi connectivity index (χ4n) is 2.16. The Kier molecular flexibility index (Phi) is 4.39. The van der Waals surface area contributed by atoms with Crippen LogP contribution in [0.1, 0.15) is 24.0 Å². The van der Waals surface area contributed by atoms with Gasteiger partial charge in [0, 0.05) is 28.2 Å². The molecule has 3 rings (SSSR count). The second-order valence-corrected chi connectivity index (χ2v) is 6.29. The zero-order valence-corrected chi connectivity index (χ0v) is 13.3. The minimum atomic E-state index is 0.658. The smallest absolute Gasteiger partial charge is 0.133 e. The van der Waals surface area contributed by atoms with Gasteiger partial charge in [0.2, 0.25) is 0 Å². The number of rotatable bonds is 5. The molecule has 1 aliphatic rings. The summed E-state index contributed by atoms with van der Waals surface area (Å²) < 4.78 is 6.05. The van der Waals surface area contributed by atoms with Gasteiger partial charge in [-0.05, 0) is 55.7 Å². The summed E-state index contributed by atoms with van der Waals surface area (Å²) in [5.74, 6) is 1.59. The Balaban J connectivity index is 1.83. The van der Waals surface area contributed by atoms with Crippen molar-refractivity contribution in [3.05, 3.63) is 57.6 Å². The monoisotopic (exact) mass is 321 g/mol. The van der Waals surface area contributed by atoms with Crippen molar-refractivity contribution in [2.75, 3.05) is 0 Å². The molecule has 0 atom stereocenters. The van der Waals surface area contributed by atoms with E-state index in [1.807, 2.05) is 43.3 Å². The van der Waals surface area contributed by atoms with Crippen molar-refractivity contribution in [2.45, 2.75) is 32.4 Å². The predicted molar refractivity (Wildman–Crippen MR) is 87.6 cm³/mol. The molecule has 1 aliphatic carbocycles. The SMILES string of the molecule is Cc1cc(Cl)ccc1Oc1cc(Cl)ccc1CNC1CC1. The number of benzene rings is 2. The first-order valence-corrected chi connectivity index (χ1v) is 7.83. The summed E-state index contributed by atoms with van der Waals surface area (Å²) >= 11 is 12.1. The largest absolute Gasteiger partial charge is 0.457 e. The summed E-state index contributed by atoms with van der Waals surface area (Å²) in [5, 5.41) is 4.88. The first-order chi connectivity index (χ1) is 10.1. The standard InChI is InChI=1S/C17H17Cl2NO/c1-11-8-13(18)4-7-16(11)21-17-9-14(19)3-2-12(17)10-20-15-5-6-15/h2-4,7-9,15,20H,5-6,10H2,1H3. The van der Waals surface area contributed by atoms with Gasteiger partial charge in [-0.2, -0.15) is 0 Å². The topological polar surface area (TPSA) is 21.3 Å². The fraction of sp³-hybridized carbons (Fsp3) is 0.294. The summed E-state index contributed by atoms with van der Waals surface area (Å²) in [7, 11) is 0. The van der Waals surface area contributed by atoms with Gasteiger partial charge in [0.05, 0.1) is 0 Å². The molecule has 0 aliphatic heterocycles. The summed E-state index contributed by atoms with van der Waals surface area (Å²) in [6.07, 6.45) is 2.53. The molecule has 1 saturated carbocycles. The van der Waals surface area contributed by atoms with E-state index in [0.29, 0.717) is 16.1 Å². The van der Waals surface area contributed by atoms with Crippen LogP contribution < -0.4 is 10.1 Å². The molecule has 0 bridgehead atoms. The van der Waals surface area contributed by atoms with Gasteiger partial charge in [0.15, 0.2) is 0 Å². The molecule has 2 aromatic rings. The summed E-state index contributed by atoms with van der Waals surface area (Å²) in [6.45, 7) is 2.78. The average Bonchev–Trinajstić information content (AvgIpc) is 3.25. The van der Waals surface area contributed by atoms with Crippen LogP contribution in [0.5, 0.6) is 11.5 Å². The zero-order valence-electron chi connectivity index (χ0n) is 11.8. The minimum Gasteiger partial charge on any atom is -0.457 e. The first kappa shape index (κ1) is 14.7. The average molecular weight is 322 g/mol. The van der Waals surface area contributed by atoms with Gasteiger partial charge in [-0.15, -0.1) is 0 Å². The van der Waals surface area contributed by atoms with Crippen LogP contribution >= 0.6 is 23.2 Å². The van der Waals surface area contributed by atoms with Crippen LogP contribution in [0, 0.1) is 6.92 Å². The normalized spacial score (nSPS) is 14.2. The summed E-state index contributed by atoms with van der Waals surface area (Å²) in [5.41, 5.74) is 2.12. The maximum Gasteiger partial charge on any atom is 0.133 e. The number of nitrogens with one attached hydrogen (secondary N) is 1. The van der Waals surface area contributed by atoms with Crippen LogP contribution in [0.15, 0.2) is 36.4 Å². The predicted octanol–water partition coefficient (Wildman–Crippen LogP) is 5.35. The summed E-state index contributed by atoms with van der Waals surface area (Å²) in [4.78, 5) is 0. The number of ether oxygens (including phenoxy) is 1. The van der Waals surface area contributed by atoms with E-state index in [1.165, 1.54) is 12.8 Å². The third-order valence-electron chi connectivity index (χ3n) is 3.54. The highest BCUT2D eigenvalue weighted by atomic mass is 35.5. The van der Waals surface area contributed by atoms with Crippen LogP contribution in [0.25, 0.3) is 0 Å². The van der Waals surface area contributed by atoms with Crippen molar-refractivity contribution < 1.29 is 4.74 Å². The van der Waals surface area contributed by atoms with Crippen LogP contribution in [0.4, 0.5) is 0 Å².